The normalized spacial score (nSPS) is 19.8. The monoisotopic (exact) mass is 555 g/mol. The number of hydrogen-bond donors (Lipinski definition) is 2. The zero-order valence-electron chi connectivity index (χ0n) is 18.7. The molecule has 2 aromatic rings. The van der Waals surface area contributed by atoms with Crippen LogP contribution in [0.3, 0.4) is 0 Å². The van der Waals surface area contributed by atoms with Crippen molar-refractivity contribution < 1.29 is 13.9 Å². The summed E-state index contributed by atoms with van der Waals surface area (Å²) in [6.45, 7) is 6.74. The quantitative estimate of drug-likeness (QED) is 0.323. The lowest BCUT2D eigenvalue weighted by molar-refractivity contribution is 0.254. The van der Waals surface area contributed by atoms with Crippen LogP contribution in [0.25, 0.3) is 0 Å². The van der Waals surface area contributed by atoms with E-state index in [2.05, 4.69) is 28.6 Å². The Labute approximate surface area is 205 Å². The predicted molar refractivity (Wildman–Crippen MR) is 135 cm³/mol. The molecule has 2 aliphatic rings. The second kappa shape index (κ2) is 11.0. The minimum Gasteiger partial charge on any atom is -0.496 e. The Kier molecular flexibility index (Phi) is 8.38. The fraction of sp³-hybridized carbons (Fsp3) is 0.478. The number of benzene rings is 1. The molecule has 0 spiro atoms. The number of methoxy groups -OCH3 is 1. The third kappa shape index (κ3) is 5.54. The fourth-order valence-electron chi connectivity index (χ4n) is 4.15. The van der Waals surface area contributed by atoms with Gasteiger partial charge in [-0.3, -0.25) is 0 Å². The van der Waals surface area contributed by atoms with E-state index in [0.717, 1.165) is 49.0 Å². The van der Waals surface area contributed by atoms with Gasteiger partial charge in [0.05, 0.1) is 13.7 Å². The zero-order chi connectivity index (χ0) is 21.8. The molecule has 2 atom stereocenters. The van der Waals surface area contributed by atoms with Crippen molar-refractivity contribution in [2.45, 2.75) is 45.4 Å². The minimum absolute atomic E-state index is 0. The third-order valence-electron chi connectivity index (χ3n) is 5.62. The summed E-state index contributed by atoms with van der Waals surface area (Å²) in [4.78, 5) is 10.9. The smallest absolute Gasteiger partial charge is 0.191 e. The van der Waals surface area contributed by atoms with Crippen molar-refractivity contribution in [2.24, 2.45) is 4.99 Å². The average molecular weight is 555 g/mol. The van der Waals surface area contributed by atoms with Gasteiger partial charge >= 0.3 is 0 Å². The number of hydrogen-bond acceptors (Lipinski definition) is 5. The summed E-state index contributed by atoms with van der Waals surface area (Å²) in [5.74, 6) is 2.59. The van der Waals surface area contributed by atoms with Crippen molar-refractivity contribution >= 4 is 35.8 Å². The molecule has 1 aromatic carbocycles. The van der Waals surface area contributed by atoms with E-state index in [0.29, 0.717) is 18.9 Å². The molecule has 0 saturated carbocycles. The summed E-state index contributed by atoms with van der Waals surface area (Å²) in [7, 11) is 1.68. The van der Waals surface area contributed by atoms with E-state index in [1.165, 1.54) is 11.6 Å². The molecule has 174 valence electrons. The molecule has 1 fully saturated rings. The van der Waals surface area contributed by atoms with Gasteiger partial charge in [0, 0.05) is 49.4 Å². The summed E-state index contributed by atoms with van der Waals surface area (Å²) in [5, 5.41) is 6.78. The molecular weight excluding hydrogens is 524 g/mol. The Hall–Kier alpha value is -2.30. The van der Waals surface area contributed by atoms with Crippen LogP contribution in [0.2, 0.25) is 0 Å². The molecule has 0 aliphatic carbocycles. The molecule has 2 aliphatic heterocycles. The highest BCUT2D eigenvalue weighted by Crippen LogP contribution is 2.35. The topological polar surface area (TPSA) is 71.0 Å². The number of nitrogens with zero attached hydrogens (tertiary/aromatic N) is 3. The van der Waals surface area contributed by atoms with E-state index >= 15 is 0 Å². The Morgan fingerprint density at radius 1 is 1.41 bits per heavy atom. The van der Waals surface area contributed by atoms with Crippen LogP contribution in [-0.4, -0.2) is 49.8 Å². The first kappa shape index (κ1) is 24.3. The van der Waals surface area contributed by atoms with Crippen LogP contribution in [0, 0.1) is 5.82 Å². The molecule has 0 amide bonds. The minimum atomic E-state index is -0.288. The van der Waals surface area contributed by atoms with Crippen molar-refractivity contribution in [3.63, 3.8) is 0 Å². The maximum absolute atomic E-state index is 14.1. The highest BCUT2D eigenvalue weighted by Gasteiger charge is 2.26. The van der Waals surface area contributed by atoms with Crippen LogP contribution in [0.5, 0.6) is 11.5 Å². The molecule has 0 radical (unpaired) electrons. The van der Waals surface area contributed by atoms with Gasteiger partial charge in [0.25, 0.3) is 0 Å². The maximum Gasteiger partial charge on any atom is 0.191 e. The van der Waals surface area contributed by atoms with Crippen molar-refractivity contribution in [1.82, 2.24) is 15.6 Å². The number of fused-ring (bicyclic) bond motifs is 1. The summed E-state index contributed by atoms with van der Waals surface area (Å²) in [5.41, 5.74) is 2.16. The summed E-state index contributed by atoms with van der Waals surface area (Å²) < 4.78 is 25.6. The van der Waals surface area contributed by atoms with Crippen molar-refractivity contribution in [1.29, 1.82) is 0 Å². The number of rotatable bonds is 6. The molecule has 2 N–H and O–H groups in total. The maximum atomic E-state index is 14.1. The molecule has 3 heterocycles. The molecule has 4 rings (SSSR count). The largest absolute Gasteiger partial charge is 0.496 e. The Balaban J connectivity index is 0.00000289. The first-order chi connectivity index (χ1) is 15.1. The predicted octanol–water partition coefficient (Wildman–Crippen LogP) is 3.50. The second-order valence-corrected chi connectivity index (χ2v) is 7.98. The molecule has 0 bridgehead atoms. The number of anilines is 1. The molecule has 1 aromatic heterocycles. The van der Waals surface area contributed by atoms with Crippen LogP contribution in [0.4, 0.5) is 10.2 Å². The molecule has 2 unspecified atom stereocenters. The van der Waals surface area contributed by atoms with E-state index < -0.39 is 0 Å². The van der Waals surface area contributed by atoms with Crippen LogP contribution in [-0.2, 0) is 13.0 Å². The van der Waals surface area contributed by atoms with E-state index in [1.54, 1.807) is 19.4 Å². The van der Waals surface area contributed by atoms with Gasteiger partial charge in [-0.05, 0) is 44.5 Å². The van der Waals surface area contributed by atoms with Crippen LogP contribution < -0.4 is 25.0 Å². The third-order valence-corrected chi connectivity index (χ3v) is 5.62. The van der Waals surface area contributed by atoms with Gasteiger partial charge in [-0.1, -0.05) is 0 Å². The highest BCUT2D eigenvalue weighted by molar-refractivity contribution is 14.0. The number of aromatic nitrogens is 1. The van der Waals surface area contributed by atoms with E-state index in [4.69, 9.17) is 14.5 Å². The van der Waals surface area contributed by atoms with Crippen LogP contribution in [0.1, 0.15) is 31.4 Å². The van der Waals surface area contributed by atoms with Crippen LogP contribution in [0.15, 0.2) is 35.5 Å². The van der Waals surface area contributed by atoms with E-state index in [9.17, 15) is 4.39 Å². The summed E-state index contributed by atoms with van der Waals surface area (Å²) in [6, 6.07) is 7.31. The van der Waals surface area contributed by atoms with Gasteiger partial charge < -0.3 is 25.0 Å². The fourth-order valence-corrected chi connectivity index (χ4v) is 4.15. The SMILES string of the molecule is CCNC(=NCc1cc2c(cc1OC)CC(C)O2)NC1CCN(c2ncccc2F)C1.I. The average Bonchev–Trinajstić information content (AvgIpc) is 3.36. The molecule has 1 saturated heterocycles. The Morgan fingerprint density at radius 2 is 2.25 bits per heavy atom. The number of ether oxygens (including phenoxy) is 2. The Morgan fingerprint density at radius 3 is 3.00 bits per heavy atom. The van der Waals surface area contributed by atoms with Gasteiger partial charge in [0.15, 0.2) is 17.6 Å². The van der Waals surface area contributed by atoms with Gasteiger partial charge in [-0.2, -0.15) is 0 Å². The molecule has 9 heteroatoms. The van der Waals surface area contributed by atoms with Crippen molar-refractivity contribution in [3.05, 3.63) is 47.4 Å². The molecule has 32 heavy (non-hydrogen) atoms. The van der Waals surface area contributed by atoms with Crippen LogP contribution >= 0.6 is 24.0 Å². The first-order valence-corrected chi connectivity index (χ1v) is 10.8. The standard InChI is InChI=1S/C23H30FN5O2.HI/c1-4-25-23(28-18-7-9-29(14-18)22-19(24)6-5-8-26-22)27-13-17-12-21-16(10-15(2)31-21)11-20(17)30-3;/h5-6,8,11-12,15,18H,4,7,9-10,13-14H2,1-3H3,(H2,25,27,28);1H. The number of guanidine groups is 1. The van der Waals surface area contributed by atoms with Crippen molar-refractivity contribution in [2.75, 3.05) is 31.6 Å². The van der Waals surface area contributed by atoms with Gasteiger partial charge in [-0.15, -0.1) is 24.0 Å². The lowest BCUT2D eigenvalue weighted by Crippen LogP contribution is -2.44. The number of aliphatic imine (C=N–C) groups is 1. The van der Waals surface area contributed by atoms with E-state index in [1.807, 2.05) is 17.9 Å². The van der Waals surface area contributed by atoms with Gasteiger partial charge in [-0.25, -0.2) is 14.4 Å². The summed E-state index contributed by atoms with van der Waals surface area (Å²) in [6.07, 6.45) is 3.59. The highest BCUT2D eigenvalue weighted by atomic mass is 127. The Bertz CT molecular complexity index is 958. The lowest BCUT2D eigenvalue weighted by Gasteiger charge is -2.20. The first-order valence-electron chi connectivity index (χ1n) is 10.8. The van der Waals surface area contributed by atoms with Crippen molar-refractivity contribution in [3.8, 4) is 11.5 Å². The van der Waals surface area contributed by atoms with E-state index in [-0.39, 0.29) is 41.9 Å². The molecular formula is C23H31FIN5O2. The zero-order valence-corrected chi connectivity index (χ0v) is 21.1. The van der Waals surface area contributed by atoms with Gasteiger partial charge in [0.2, 0.25) is 0 Å². The summed E-state index contributed by atoms with van der Waals surface area (Å²) >= 11 is 0. The number of pyridine rings is 1. The lowest BCUT2D eigenvalue weighted by atomic mass is 10.1. The number of nitrogens with one attached hydrogen (secondary N) is 2. The second-order valence-electron chi connectivity index (χ2n) is 7.98. The molecule has 7 nitrogen and oxygen atoms in total. The van der Waals surface area contributed by atoms with Gasteiger partial charge in [0.1, 0.15) is 17.6 Å². The number of halogens is 2.